The third-order valence-corrected chi connectivity index (χ3v) is 3.03. The van der Waals surface area contributed by atoms with E-state index in [1.807, 2.05) is 0 Å². The summed E-state index contributed by atoms with van der Waals surface area (Å²) in [5, 5.41) is 0. The summed E-state index contributed by atoms with van der Waals surface area (Å²) in [6.07, 6.45) is 4.45. The van der Waals surface area contributed by atoms with Gasteiger partial charge in [-0.05, 0) is 0 Å². The Kier molecular flexibility index (Phi) is 6.30. The highest BCUT2D eigenvalue weighted by Gasteiger charge is 2.20. The van der Waals surface area contributed by atoms with Crippen LogP contribution in [0.1, 0.15) is 10.6 Å². The normalized spacial score (nSPS) is 11.0. The summed E-state index contributed by atoms with van der Waals surface area (Å²) in [5.74, 6) is -0.319. The number of imidazole rings is 1. The maximum absolute atomic E-state index is 11.1. The van der Waals surface area contributed by atoms with Crippen LogP contribution in [0.3, 0.4) is 0 Å². The first-order valence-electron chi connectivity index (χ1n) is 4.91. The molecule has 2 N–H and O–H groups in total. The van der Waals surface area contributed by atoms with E-state index in [1.54, 1.807) is 24.0 Å². The molecule has 0 spiro atoms. The summed E-state index contributed by atoms with van der Waals surface area (Å²) in [6.45, 7) is 0.174. The number of hydrogen-bond donors (Lipinski definition) is 1. The molecule has 1 rings (SSSR count). The molecule has 1 aromatic rings. The van der Waals surface area contributed by atoms with Crippen molar-refractivity contribution < 1.29 is 34.9 Å². The molecule has 1 aromatic heterocycles. The first-order chi connectivity index (χ1) is 7.81. The second-order valence-corrected chi connectivity index (χ2v) is 5.99. The molecule has 0 unspecified atom stereocenters. The van der Waals surface area contributed by atoms with Gasteiger partial charge in [0.25, 0.3) is 0 Å². The second kappa shape index (κ2) is 6.72. The number of nitrogens with zero attached hydrogens (tertiary/aromatic N) is 2. The van der Waals surface area contributed by atoms with Crippen LogP contribution < -0.4 is 22.7 Å². The predicted molar refractivity (Wildman–Crippen MR) is 59.8 cm³/mol. The van der Waals surface area contributed by atoms with Crippen molar-refractivity contribution in [2.24, 2.45) is 12.8 Å². The van der Waals surface area contributed by atoms with Gasteiger partial charge < -0.3 is 22.9 Å². The Labute approximate surface area is 112 Å². The lowest BCUT2D eigenvalue weighted by Gasteiger charge is -2.02. The molecular formula is C9H16ClN3O4S. The van der Waals surface area contributed by atoms with E-state index in [2.05, 4.69) is 0 Å². The average Bonchev–Trinajstić information content (AvgIpc) is 2.53. The maximum atomic E-state index is 11.1. The molecule has 104 valence electrons. The average molecular weight is 298 g/mol. The van der Waals surface area contributed by atoms with Crippen molar-refractivity contribution in [3.63, 3.8) is 0 Å². The third-order valence-electron chi connectivity index (χ3n) is 2.13. The molecule has 0 aliphatic rings. The number of aryl methyl sites for hydroxylation is 1. The highest BCUT2D eigenvalue weighted by molar-refractivity contribution is 7.90. The SMILES string of the molecule is C[n+]1ccn(COCCS(C)(=O)=O)c1C(N)=O.[Cl-]. The molecule has 0 aliphatic heterocycles. The maximum Gasteiger partial charge on any atom is 0.349 e. The van der Waals surface area contributed by atoms with Gasteiger partial charge in [0.05, 0.1) is 19.4 Å². The largest absolute Gasteiger partial charge is 1.00 e. The fourth-order valence-corrected chi connectivity index (χ4v) is 1.74. The minimum atomic E-state index is -3.03. The van der Waals surface area contributed by atoms with Crippen LogP contribution in [0, 0.1) is 0 Å². The molecule has 0 radical (unpaired) electrons. The smallest absolute Gasteiger partial charge is 0.349 e. The van der Waals surface area contributed by atoms with Gasteiger partial charge in [-0.1, -0.05) is 0 Å². The Bertz CT molecular complexity index is 512. The van der Waals surface area contributed by atoms with E-state index in [4.69, 9.17) is 10.5 Å². The Morgan fingerprint density at radius 2 is 2.17 bits per heavy atom. The van der Waals surface area contributed by atoms with E-state index in [0.717, 1.165) is 6.26 Å². The molecule has 0 bridgehead atoms. The number of carbonyl (C=O) groups excluding carboxylic acids is 1. The molecule has 18 heavy (non-hydrogen) atoms. The van der Waals surface area contributed by atoms with Gasteiger partial charge in [-0.3, -0.25) is 4.79 Å². The number of aromatic nitrogens is 2. The van der Waals surface area contributed by atoms with Crippen molar-refractivity contribution in [3.05, 3.63) is 18.2 Å². The van der Waals surface area contributed by atoms with Gasteiger partial charge in [-0.15, -0.1) is 0 Å². The zero-order valence-corrected chi connectivity index (χ0v) is 11.7. The second-order valence-electron chi connectivity index (χ2n) is 3.73. The molecule has 9 heteroatoms. The first kappa shape index (κ1) is 16.9. The molecular weight excluding hydrogens is 282 g/mol. The molecule has 0 saturated carbocycles. The summed E-state index contributed by atoms with van der Waals surface area (Å²) in [6, 6.07) is 0. The van der Waals surface area contributed by atoms with Crippen molar-refractivity contribution in [2.75, 3.05) is 18.6 Å². The molecule has 0 aromatic carbocycles. The fourth-order valence-electron chi connectivity index (χ4n) is 1.32. The Morgan fingerprint density at radius 1 is 1.56 bits per heavy atom. The number of sulfone groups is 1. The quantitative estimate of drug-likeness (QED) is 0.422. The molecule has 0 fully saturated rings. The molecule has 0 aliphatic carbocycles. The van der Waals surface area contributed by atoms with E-state index in [-0.39, 0.29) is 31.5 Å². The first-order valence-corrected chi connectivity index (χ1v) is 6.97. The van der Waals surface area contributed by atoms with Crippen LogP contribution in [-0.2, 0) is 28.4 Å². The monoisotopic (exact) mass is 297 g/mol. The van der Waals surface area contributed by atoms with Crippen molar-refractivity contribution >= 4 is 15.7 Å². The standard InChI is InChI=1S/C9H15N3O4S.ClH/c1-11-3-4-12(9(11)8(10)13)7-16-5-6-17(2,14)15;/h3-4H,5-7H2,1-2H3,(H-,10,13);1H. The van der Waals surface area contributed by atoms with Gasteiger partial charge >= 0.3 is 11.7 Å². The fraction of sp³-hybridized carbons (Fsp3) is 0.556. The van der Waals surface area contributed by atoms with Crippen LogP contribution in [0.15, 0.2) is 12.4 Å². The van der Waals surface area contributed by atoms with Crippen molar-refractivity contribution in [1.29, 1.82) is 0 Å². The summed E-state index contributed by atoms with van der Waals surface area (Å²) in [7, 11) is -1.34. The molecule has 7 nitrogen and oxygen atoms in total. The molecule has 0 saturated heterocycles. The number of carbonyl (C=O) groups is 1. The van der Waals surface area contributed by atoms with E-state index in [1.165, 1.54) is 4.57 Å². The van der Waals surface area contributed by atoms with Gasteiger partial charge in [0.1, 0.15) is 22.2 Å². The highest BCUT2D eigenvalue weighted by Crippen LogP contribution is 1.95. The van der Waals surface area contributed by atoms with Crippen molar-refractivity contribution in [2.45, 2.75) is 6.73 Å². The Hall–Kier alpha value is -1.12. The van der Waals surface area contributed by atoms with E-state index < -0.39 is 15.7 Å². The van der Waals surface area contributed by atoms with Crippen LogP contribution >= 0.6 is 0 Å². The number of primary amides is 1. The molecule has 0 atom stereocenters. The van der Waals surface area contributed by atoms with Crippen LogP contribution in [0.4, 0.5) is 0 Å². The number of nitrogens with two attached hydrogens (primary N) is 1. The topological polar surface area (TPSA) is 95.3 Å². The Morgan fingerprint density at radius 3 is 2.67 bits per heavy atom. The number of hydrogen-bond acceptors (Lipinski definition) is 4. The van der Waals surface area contributed by atoms with E-state index in [0.29, 0.717) is 5.82 Å². The van der Waals surface area contributed by atoms with Crippen LogP contribution in [0.5, 0.6) is 0 Å². The van der Waals surface area contributed by atoms with Crippen molar-refractivity contribution in [3.8, 4) is 0 Å². The minimum Gasteiger partial charge on any atom is -1.00 e. The van der Waals surface area contributed by atoms with Crippen LogP contribution in [-0.4, -0.2) is 37.5 Å². The van der Waals surface area contributed by atoms with Gasteiger partial charge in [-0.2, -0.15) is 0 Å². The zero-order valence-electron chi connectivity index (χ0n) is 10.2. The van der Waals surface area contributed by atoms with Gasteiger partial charge in [0.15, 0.2) is 6.73 Å². The van der Waals surface area contributed by atoms with Crippen molar-refractivity contribution in [1.82, 2.24) is 4.57 Å². The highest BCUT2D eigenvalue weighted by atomic mass is 35.5. The molecule has 1 heterocycles. The summed E-state index contributed by atoms with van der Waals surface area (Å²) >= 11 is 0. The minimum absolute atomic E-state index is 0. The van der Waals surface area contributed by atoms with Crippen LogP contribution in [0.2, 0.25) is 0 Å². The lowest BCUT2D eigenvalue weighted by molar-refractivity contribution is -0.673. The lowest BCUT2D eigenvalue weighted by atomic mass is 10.5. The van der Waals surface area contributed by atoms with E-state index >= 15 is 0 Å². The summed E-state index contributed by atoms with van der Waals surface area (Å²) in [4.78, 5) is 11.1. The lowest BCUT2D eigenvalue weighted by Crippen LogP contribution is -3.00. The third kappa shape index (κ3) is 5.03. The molecule has 1 amide bonds. The number of amides is 1. The number of halogens is 1. The summed E-state index contributed by atoms with van der Waals surface area (Å²) in [5.41, 5.74) is 5.20. The Balaban J connectivity index is 0.00000289. The van der Waals surface area contributed by atoms with E-state index in [9.17, 15) is 13.2 Å². The van der Waals surface area contributed by atoms with Gasteiger partial charge in [0, 0.05) is 6.26 Å². The number of ether oxygens (including phenoxy) is 1. The van der Waals surface area contributed by atoms with Gasteiger partial charge in [-0.25, -0.2) is 17.6 Å². The summed E-state index contributed by atoms with van der Waals surface area (Å²) < 4.78 is 30.0. The van der Waals surface area contributed by atoms with Gasteiger partial charge in [0.2, 0.25) is 0 Å². The predicted octanol–water partition coefficient (Wildman–Crippen LogP) is -4.57. The zero-order chi connectivity index (χ0) is 13.1. The van der Waals surface area contributed by atoms with Crippen LogP contribution in [0.25, 0.3) is 0 Å². The number of rotatable bonds is 6.